The van der Waals surface area contributed by atoms with Crippen LogP contribution in [0.2, 0.25) is 0 Å². The van der Waals surface area contributed by atoms with Gasteiger partial charge in [-0.1, -0.05) is 24.3 Å². The first kappa shape index (κ1) is 16.3. The van der Waals surface area contributed by atoms with Gasteiger partial charge in [0.05, 0.1) is 12.2 Å². The summed E-state index contributed by atoms with van der Waals surface area (Å²) < 4.78 is 1.88. The topological polar surface area (TPSA) is 79.8 Å². The first-order chi connectivity index (χ1) is 12.6. The number of rotatable bonds is 3. The van der Waals surface area contributed by atoms with Crippen LogP contribution in [0.5, 0.6) is 0 Å². The van der Waals surface area contributed by atoms with Crippen molar-refractivity contribution in [3.8, 4) is 0 Å². The summed E-state index contributed by atoms with van der Waals surface area (Å²) in [5.41, 5.74) is 3.12. The Morgan fingerprint density at radius 2 is 2.12 bits per heavy atom. The number of H-pyrrole nitrogens is 1. The van der Waals surface area contributed by atoms with Crippen LogP contribution in [0.1, 0.15) is 45.9 Å². The molecule has 26 heavy (non-hydrogen) atoms. The standard InChI is InChI=1S/C20H20N4O2/c1-13-12-22-24(17-10-4-7-14-6-2-3-8-15(14)17)18(13)23-20(26)16-9-5-11-21-19(16)25/h2-3,5-6,8-9,11-12,17H,4,7,10H2,1H3,(H,21,25)(H,23,26)/t17-/m1/s1. The minimum atomic E-state index is -0.430. The van der Waals surface area contributed by atoms with Crippen molar-refractivity contribution in [1.82, 2.24) is 14.8 Å². The van der Waals surface area contributed by atoms with Crippen molar-refractivity contribution < 1.29 is 4.79 Å². The summed E-state index contributed by atoms with van der Waals surface area (Å²) in [6, 6.07) is 11.6. The van der Waals surface area contributed by atoms with E-state index in [0.717, 1.165) is 24.8 Å². The number of aromatic amines is 1. The first-order valence-electron chi connectivity index (χ1n) is 8.76. The molecule has 0 aliphatic heterocycles. The van der Waals surface area contributed by atoms with Crippen molar-refractivity contribution in [2.24, 2.45) is 0 Å². The maximum Gasteiger partial charge on any atom is 0.262 e. The van der Waals surface area contributed by atoms with Gasteiger partial charge < -0.3 is 10.3 Å². The average molecular weight is 348 g/mol. The zero-order chi connectivity index (χ0) is 18.1. The number of nitrogens with zero attached hydrogens (tertiary/aromatic N) is 2. The molecule has 0 bridgehead atoms. The molecule has 1 aromatic carbocycles. The molecule has 0 saturated carbocycles. The Hall–Kier alpha value is -3.15. The smallest absolute Gasteiger partial charge is 0.262 e. The quantitative estimate of drug-likeness (QED) is 0.763. The van der Waals surface area contributed by atoms with Gasteiger partial charge in [0, 0.05) is 11.8 Å². The number of anilines is 1. The number of aryl methyl sites for hydroxylation is 2. The molecule has 0 radical (unpaired) electrons. The highest BCUT2D eigenvalue weighted by Gasteiger charge is 2.25. The van der Waals surface area contributed by atoms with E-state index in [0.29, 0.717) is 5.82 Å². The van der Waals surface area contributed by atoms with E-state index in [-0.39, 0.29) is 11.6 Å². The first-order valence-corrected chi connectivity index (χ1v) is 8.76. The predicted octanol–water partition coefficient (Wildman–Crippen LogP) is 3.06. The Morgan fingerprint density at radius 1 is 1.27 bits per heavy atom. The maximum atomic E-state index is 12.6. The monoisotopic (exact) mass is 348 g/mol. The lowest BCUT2D eigenvalue weighted by Gasteiger charge is -2.27. The lowest BCUT2D eigenvalue weighted by molar-refractivity contribution is 0.102. The number of fused-ring (bicyclic) bond motifs is 1. The van der Waals surface area contributed by atoms with Crippen LogP contribution in [0.3, 0.4) is 0 Å². The summed E-state index contributed by atoms with van der Waals surface area (Å²) in [5.74, 6) is 0.209. The van der Waals surface area contributed by atoms with Crippen LogP contribution in [0, 0.1) is 6.92 Å². The van der Waals surface area contributed by atoms with E-state index in [9.17, 15) is 9.59 Å². The second kappa shape index (κ2) is 6.63. The van der Waals surface area contributed by atoms with Gasteiger partial charge in [-0.15, -0.1) is 0 Å². The van der Waals surface area contributed by atoms with Gasteiger partial charge in [-0.25, -0.2) is 4.68 Å². The zero-order valence-electron chi connectivity index (χ0n) is 14.5. The van der Waals surface area contributed by atoms with Gasteiger partial charge in [-0.3, -0.25) is 9.59 Å². The lowest BCUT2D eigenvalue weighted by atomic mass is 9.88. The molecule has 1 aliphatic carbocycles. The molecular weight excluding hydrogens is 328 g/mol. The summed E-state index contributed by atoms with van der Waals surface area (Å²) in [6.45, 7) is 1.91. The summed E-state index contributed by atoms with van der Waals surface area (Å²) in [7, 11) is 0. The third kappa shape index (κ3) is 2.83. The van der Waals surface area contributed by atoms with Gasteiger partial charge >= 0.3 is 0 Å². The van der Waals surface area contributed by atoms with E-state index in [4.69, 9.17) is 0 Å². The highest BCUT2D eigenvalue weighted by Crippen LogP contribution is 2.35. The second-order valence-corrected chi connectivity index (χ2v) is 6.59. The number of aromatic nitrogens is 3. The molecule has 1 amide bonds. The summed E-state index contributed by atoms with van der Waals surface area (Å²) in [6.07, 6.45) is 6.36. The third-order valence-electron chi connectivity index (χ3n) is 4.91. The van der Waals surface area contributed by atoms with Crippen LogP contribution in [0.15, 0.2) is 53.6 Å². The number of nitrogens with one attached hydrogen (secondary N) is 2. The van der Waals surface area contributed by atoms with E-state index < -0.39 is 11.5 Å². The number of carbonyl (C=O) groups excluding carboxylic acids is 1. The highest BCUT2D eigenvalue weighted by atomic mass is 16.2. The Labute approximate surface area is 150 Å². The summed E-state index contributed by atoms with van der Waals surface area (Å²) in [5, 5.41) is 7.41. The average Bonchev–Trinajstić information content (AvgIpc) is 3.02. The SMILES string of the molecule is Cc1cnn([C@@H]2CCCc3ccccc32)c1NC(=O)c1ccc[nH]c1=O. The minimum absolute atomic E-state index is 0.0815. The molecule has 6 heteroatoms. The van der Waals surface area contributed by atoms with E-state index in [1.807, 2.05) is 17.7 Å². The second-order valence-electron chi connectivity index (χ2n) is 6.59. The molecule has 1 atom stereocenters. The molecule has 0 unspecified atom stereocenters. The predicted molar refractivity (Wildman–Crippen MR) is 99.5 cm³/mol. The van der Waals surface area contributed by atoms with Crippen LogP contribution in [-0.4, -0.2) is 20.7 Å². The Kier molecular flexibility index (Phi) is 4.16. The number of pyridine rings is 1. The fourth-order valence-electron chi connectivity index (χ4n) is 3.60. The number of benzene rings is 1. The molecule has 6 nitrogen and oxygen atoms in total. The molecular formula is C20H20N4O2. The van der Waals surface area contributed by atoms with Gasteiger partial charge in [-0.05, 0) is 49.4 Å². The van der Waals surface area contributed by atoms with E-state index in [1.165, 1.54) is 23.4 Å². The van der Waals surface area contributed by atoms with Gasteiger partial charge in [0.25, 0.3) is 11.5 Å². The molecule has 132 valence electrons. The molecule has 0 fully saturated rings. The normalized spacial score (nSPS) is 16.1. The van der Waals surface area contributed by atoms with E-state index in [1.54, 1.807) is 12.3 Å². The van der Waals surface area contributed by atoms with Crippen molar-refractivity contribution in [3.05, 3.63) is 81.4 Å². The summed E-state index contributed by atoms with van der Waals surface area (Å²) >= 11 is 0. The van der Waals surface area contributed by atoms with Crippen molar-refractivity contribution in [2.45, 2.75) is 32.2 Å². The van der Waals surface area contributed by atoms with Crippen LogP contribution < -0.4 is 10.9 Å². The molecule has 1 aliphatic rings. The molecule has 0 saturated heterocycles. The fourth-order valence-corrected chi connectivity index (χ4v) is 3.60. The Bertz CT molecular complexity index is 1020. The van der Waals surface area contributed by atoms with Crippen LogP contribution in [-0.2, 0) is 6.42 Å². The van der Waals surface area contributed by atoms with Crippen molar-refractivity contribution in [3.63, 3.8) is 0 Å². The molecule has 2 N–H and O–H groups in total. The Balaban J connectivity index is 1.70. The van der Waals surface area contributed by atoms with Gasteiger partial charge in [0.1, 0.15) is 11.4 Å². The lowest BCUT2D eigenvalue weighted by Crippen LogP contribution is -2.26. The van der Waals surface area contributed by atoms with E-state index >= 15 is 0 Å². The summed E-state index contributed by atoms with van der Waals surface area (Å²) in [4.78, 5) is 27.0. The van der Waals surface area contributed by atoms with Crippen LogP contribution in [0.25, 0.3) is 0 Å². The molecule has 0 spiro atoms. The maximum absolute atomic E-state index is 12.6. The highest BCUT2D eigenvalue weighted by molar-refractivity contribution is 6.03. The fraction of sp³-hybridized carbons (Fsp3) is 0.250. The van der Waals surface area contributed by atoms with Crippen LogP contribution >= 0.6 is 0 Å². The van der Waals surface area contributed by atoms with Crippen LogP contribution in [0.4, 0.5) is 5.82 Å². The van der Waals surface area contributed by atoms with Gasteiger partial charge in [0.15, 0.2) is 0 Å². The molecule has 2 aromatic heterocycles. The van der Waals surface area contributed by atoms with Crippen molar-refractivity contribution in [2.75, 3.05) is 5.32 Å². The van der Waals surface area contributed by atoms with Crippen molar-refractivity contribution >= 4 is 11.7 Å². The zero-order valence-corrected chi connectivity index (χ0v) is 14.5. The molecule has 3 aromatic rings. The van der Waals surface area contributed by atoms with Crippen molar-refractivity contribution in [1.29, 1.82) is 0 Å². The van der Waals surface area contributed by atoms with Gasteiger partial charge in [0.2, 0.25) is 0 Å². The number of amides is 1. The molecule has 2 heterocycles. The Morgan fingerprint density at radius 3 is 2.96 bits per heavy atom. The third-order valence-corrected chi connectivity index (χ3v) is 4.91. The minimum Gasteiger partial charge on any atom is -0.328 e. The number of carbonyl (C=O) groups is 1. The number of hydrogen-bond donors (Lipinski definition) is 2. The number of hydrogen-bond acceptors (Lipinski definition) is 3. The van der Waals surface area contributed by atoms with Gasteiger partial charge in [-0.2, -0.15) is 5.10 Å². The molecule has 4 rings (SSSR count). The largest absolute Gasteiger partial charge is 0.328 e. The van der Waals surface area contributed by atoms with E-state index in [2.05, 4.69) is 33.6 Å².